The molecule has 0 spiro atoms. The average molecular weight is 403 g/mol. The van der Waals surface area contributed by atoms with Crippen molar-refractivity contribution in [2.75, 3.05) is 38.2 Å². The average Bonchev–Trinajstić information content (AvgIpc) is 2.86. The first-order valence-electron chi connectivity index (χ1n) is 9.72. The minimum Gasteiger partial charge on any atom is -0.497 e. The number of fused-ring (bicyclic) bond motifs is 1. The van der Waals surface area contributed by atoms with Crippen LogP contribution in [-0.4, -0.2) is 61.2 Å². The summed E-state index contributed by atoms with van der Waals surface area (Å²) in [7, 11) is -1.63. The number of aromatic nitrogens is 2. The quantitative estimate of drug-likeness (QED) is 0.761. The summed E-state index contributed by atoms with van der Waals surface area (Å²) < 4.78 is 33.2. The Kier molecular flexibility index (Phi) is 5.50. The molecule has 2 atom stereocenters. The second kappa shape index (κ2) is 8.05. The van der Waals surface area contributed by atoms with Crippen LogP contribution in [0.3, 0.4) is 0 Å². The Morgan fingerprint density at radius 3 is 2.71 bits per heavy atom. The van der Waals surface area contributed by atoms with E-state index in [-0.39, 0.29) is 11.2 Å². The predicted octanol–water partition coefficient (Wildman–Crippen LogP) is 1.96. The molecular formula is C20H26N4O3S. The van der Waals surface area contributed by atoms with Gasteiger partial charge in [0.2, 0.25) is 16.0 Å². The van der Waals surface area contributed by atoms with Gasteiger partial charge in [-0.3, -0.25) is 0 Å². The molecule has 8 heteroatoms. The number of hydrogen-bond acceptors (Lipinski definition) is 6. The maximum absolute atomic E-state index is 13.1. The number of hydrogen-bond donors (Lipinski definition) is 0. The molecule has 0 bridgehead atoms. The lowest BCUT2D eigenvalue weighted by Gasteiger charge is -2.21. The fourth-order valence-electron chi connectivity index (χ4n) is 4.25. The van der Waals surface area contributed by atoms with Crippen LogP contribution in [0.1, 0.15) is 18.4 Å². The summed E-state index contributed by atoms with van der Waals surface area (Å²) in [6.07, 6.45) is 5.62. The van der Waals surface area contributed by atoms with Gasteiger partial charge in [-0.1, -0.05) is 12.1 Å². The van der Waals surface area contributed by atoms with Crippen molar-refractivity contribution in [3.63, 3.8) is 0 Å². The number of sulfonamides is 1. The molecule has 1 aromatic heterocycles. The highest BCUT2D eigenvalue weighted by atomic mass is 32.2. The van der Waals surface area contributed by atoms with Gasteiger partial charge in [-0.05, 0) is 48.9 Å². The Balaban J connectivity index is 1.41. The molecule has 1 aromatic carbocycles. The topological polar surface area (TPSA) is 75.6 Å². The van der Waals surface area contributed by atoms with Crippen molar-refractivity contribution in [2.24, 2.45) is 5.92 Å². The molecular weight excluding hydrogens is 376 g/mol. The van der Waals surface area contributed by atoms with E-state index < -0.39 is 10.0 Å². The first kappa shape index (κ1) is 19.1. The van der Waals surface area contributed by atoms with Crippen molar-refractivity contribution < 1.29 is 13.2 Å². The summed E-state index contributed by atoms with van der Waals surface area (Å²) in [4.78, 5) is 10.7. The van der Waals surface area contributed by atoms with Crippen LogP contribution in [0.2, 0.25) is 0 Å². The third kappa shape index (κ3) is 3.84. The van der Waals surface area contributed by atoms with Crippen LogP contribution in [0, 0.1) is 5.92 Å². The summed E-state index contributed by atoms with van der Waals surface area (Å²) in [6.45, 7) is 2.60. The molecule has 3 heterocycles. The van der Waals surface area contributed by atoms with Gasteiger partial charge in [-0.2, -0.15) is 0 Å². The summed E-state index contributed by atoms with van der Waals surface area (Å²) >= 11 is 0. The third-order valence-electron chi connectivity index (χ3n) is 5.78. The summed E-state index contributed by atoms with van der Waals surface area (Å²) in [6, 6.07) is 9.62. The molecule has 4 rings (SSSR count). The largest absolute Gasteiger partial charge is 0.497 e. The fraction of sp³-hybridized carbons (Fsp3) is 0.500. The van der Waals surface area contributed by atoms with E-state index in [0.717, 1.165) is 24.3 Å². The zero-order valence-electron chi connectivity index (χ0n) is 16.1. The Hall–Kier alpha value is -2.19. The van der Waals surface area contributed by atoms with E-state index in [1.54, 1.807) is 29.9 Å². The minimum atomic E-state index is -3.27. The summed E-state index contributed by atoms with van der Waals surface area (Å²) in [5.74, 6) is 1.66. The molecule has 2 fully saturated rings. The molecule has 0 radical (unpaired) electrons. The molecule has 150 valence electrons. The van der Waals surface area contributed by atoms with Crippen LogP contribution in [0.15, 0.2) is 42.7 Å². The maximum atomic E-state index is 13.1. The monoisotopic (exact) mass is 402 g/mol. The molecule has 0 aliphatic carbocycles. The first-order chi connectivity index (χ1) is 13.6. The van der Waals surface area contributed by atoms with Gasteiger partial charge in [-0.25, -0.2) is 22.7 Å². The normalized spacial score (nSPS) is 24.5. The highest BCUT2D eigenvalue weighted by Gasteiger charge is 2.46. The summed E-state index contributed by atoms with van der Waals surface area (Å²) in [5.41, 5.74) is 1.09. The third-order valence-corrected chi connectivity index (χ3v) is 8.22. The van der Waals surface area contributed by atoms with Gasteiger partial charge in [0.1, 0.15) is 5.75 Å². The van der Waals surface area contributed by atoms with Gasteiger partial charge in [0, 0.05) is 38.6 Å². The van der Waals surface area contributed by atoms with E-state index in [4.69, 9.17) is 4.74 Å². The Morgan fingerprint density at radius 1 is 1.14 bits per heavy atom. The number of ether oxygens (including phenoxy) is 1. The van der Waals surface area contributed by atoms with Crippen molar-refractivity contribution in [1.82, 2.24) is 14.3 Å². The van der Waals surface area contributed by atoms with Crippen molar-refractivity contribution >= 4 is 16.0 Å². The zero-order chi connectivity index (χ0) is 19.6. The van der Waals surface area contributed by atoms with Gasteiger partial charge >= 0.3 is 0 Å². The van der Waals surface area contributed by atoms with Crippen LogP contribution in [0.25, 0.3) is 0 Å². The second-order valence-corrected chi connectivity index (χ2v) is 9.57. The first-order valence-corrected chi connectivity index (χ1v) is 11.2. The van der Waals surface area contributed by atoms with Crippen LogP contribution >= 0.6 is 0 Å². The maximum Gasteiger partial charge on any atom is 0.225 e. The van der Waals surface area contributed by atoms with Gasteiger partial charge < -0.3 is 9.64 Å². The van der Waals surface area contributed by atoms with Crippen LogP contribution in [-0.2, 0) is 16.4 Å². The van der Waals surface area contributed by atoms with Crippen molar-refractivity contribution in [3.05, 3.63) is 48.3 Å². The van der Waals surface area contributed by atoms with Gasteiger partial charge in [0.05, 0.1) is 12.4 Å². The highest BCUT2D eigenvalue weighted by molar-refractivity contribution is 7.90. The molecule has 0 unspecified atom stereocenters. The Labute approximate surface area is 166 Å². The smallest absolute Gasteiger partial charge is 0.225 e. The molecule has 2 aromatic rings. The van der Waals surface area contributed by atoms with Gasteiger partial charge in [0.15, 0.2) is 0 Å². The Bertz CT molecular complexity index is 907. The Morgan fingerprint density at radius 2 is 1.93 bits per heavy atom. The number of rotatable bonds is 5. The van der Waals surface area contributed by atoms with Crippen molar-refractivity contribution in [2.45, 2.75) is 24.5 Å². The molecule has 7 nitrogen and oxygen atoms in total. The van der Waals surface area contributed by atoms with E-state index >= 15 is 0 Å². The minimum absolute atomic E-state index is 0.170. The van der Waals surface area contributed by atoms with Crippen molar-refractivity contribution in [1.29, 1.82) is 0 Å². The highest BCUT2D eigenvalue weighted by Crippen LogP contribution is 2.35. The van der Waals surface area contributed by atoms with Crippen molar-refractivity contribution in [3.8, 4) is 5.75 Å². The predicted molar refractivity (Wildman–Crippen MR) is 108 cm³/mol. The molecule has 0 saturated carbocycles. The van der Waals surface area contributed by atoms with Crippen LogP contribution in [0.5, 0.6) is 5.75 Å². The molecule has 2 aliphatic heterocycles. The van der Waals surface area contributed by atoms with Crippen LogP contribution < -0.4 is 9.64 Å². The molecule has 0 N–H and O–H groups in total. The molecule has 0 amide bonds. The van der Waals surface area contributed by atoms with E-state index in [0.29, 0.717) is 38.4 Å². The standard InChI is InChI=1S/C20H26N4O3S/c1-27-18-5-2-4-16(14-18)6-13-24-15-17-7-11-23(20-21-9-3-10-22-20)12-8-19(17)28(24,25)26/h2-5,9-10,14,17,19H,6-8,11-13,15H2,1H3/t17-,19-/m0/s1. The van der Waals surface area contributed by atoms with E-state index in [1.807, 2.05) is 24.3 Å². The van der Waals surface area contributed by atoms with Gasteiger partial charge in [-0.15, -0.1) is 0 Å². The SMILES string of the molecule is COc1cccc(CCN2C[C@@H]3CCN(c4ncccn4)CC[C@@H]3S2(=O)=O)c1. The summed E-state index contributed by atoms with van der Waals surface area (Å²) in [5, 5.41) is -0.300. The lowest BCUT2D eigenvalue weighted by molar-refractivity contribution is 0.387. The lowest BCUT2D eigenvalue weighted by Crippen LogP contribution is -2.33. The van der Waals surface area contributed by atoms with E-state index in [2.05, 4.69) is 14.9 Å². The number of anilines is 1. The van der Waals surface area contributed by atoms with Gasteiger partial charge in [0.25, 0.3) is 0 Å². The van der Waals surface area contributed by atoms with E-state index in [9.17, 15) is 8.42 Å². The number of benzene rings is 1. The lowest BCUT2D eigenvalue weighted by atomic mass is 10.0. The number of nitrogens with zero attached hydrogens (tertiary/aromatic N) is 4. The molecule has 2 saturated heterocycles. The molecule has 2 aliphatic rings. The number of methoxy groups -OCH3 is 1. The van der Waals surface area contributed by atoms with Crippen LogP contribution in [0.4, 0.5) is 5.95 Å². The molecule has 28 heavy (non-hydrogen) atoms. The zero-order valence-corrected chi connectivity index (χ0v) is 16.9. The van der Waals surface area contributed by atoms with E-state index in [1.165, 1.54) is 0 Å². The second-order valence-electron chi connectivity index (χ2n) is 7.42. The fourth-order valence-corrected chi connectivity index (χ4v) is 6.49.